The fourth-order valence-electron chi connectivity index (χ4n) is 1.92. The van der Waals surface area contributed by atoms with Crippen molar-refractivity contribution in [3.63, 3.8) is 0 Å². The number of benzene rings is 1. The Labute approximate surface area is 139 Å². The van der Waals surface area contributed by atoms with Crippen molar-refractivity contribution in [2.24, 2.45) is 0 Å². The van der Waals surface area contributed by atoms with Gasteiger partial charge in [-0.15, -0.1) is 0 Å². The zero-order valence-corrected chi connectivity index (χ0v) is 14.1. The van der Waals surface area contributed by atoms with Crippen LogP contribution in [0.3, 0.4) is 0 Å². The molecular formula is C16H16Cl2N2O2. The minimum atomic E-state index is 0.216. The highest BCUT2D eigenvalue weighted by molar-refractivity contribution is 6.32. The Balaban J connectivity index is 2.36. The topological polar surface area (TPSA) is 44.2 Å². The van der Waals surface area contributed by atoms with E-state index in [9.17, 15) is 0 Å². The highest BCUT2D eigenvalue weighted by Crippen LogP contribution is 2.36. The van der Waals surface area contributed by atoms with Crippen LogP contribution in [0.25, 0.3) is 12.2 Å². The minimum absolute atomic E-state index is 0.216. The summed E-state index contributed by atoms with van der Waals surface area (Å²) in [6.45, 7) is 4.35. The summed E-state index contributed by atoms with van der Waals surface area (Å²) >= 11 is 12.0. The lowest BCUT2D eigenvalue weighted by atomic mass is 10.1. The third kappa shape index (κ3) is 3.90. The summed E-state index contributed by atoms with van der Waals surface area (Å²) in [5.74, 6) is 1.14. The smallest absolute Gasteiger partial charge is 0.222 e. The molecule has 0 atom stereocenters. The number of aromatic nitrogens is 2. The molecule has 1 heterocycles. The van der Waals surface area contributed by atoms with Gasteiger partial charge >= 0.3 is 0 Å². The first kappa shape index (κ1) is 16.6. The van der Waals surface area contributed by atoms with Crippen LogP contribution in [-0.2, 0) is 0 Å². The summed E-state index contributed by atoms with van der Waals surface area (Å²) < 4.78 is 10.8. The van der Waals surface area contributed by atoms with Gasteiger partial charge < -0.3 is 9.47 Å². The standard InChI is InChI=1S/C16H16Cl2N2O2/c1-4-22-14-8-11(7-12(17)15(14)21-3)5-6-13-10(2)9-19-16(18)20-13/h5-9H,4H2,1-3H3. The summed E-state index contributed by atoms with van der Waals surface area (Å²) in [5.41, 5.74) is 2.57. The van der Waals surface area contributed by atoms with Crippen molar-refractivity contribution < 1.29 is 9.47 Å². The van der Waals surface area contributed by atoms with Gasteiger partial charge in [0.25, 0.3) is 0 Å². The third-order valence-corrected chi connectivity index (χ3v) is 3.41. The largest absolute Gasteiger partial charge is 0.491 e. The fraction of sp³-hybridized carbons (Fsp3) is 0.250. The van der Waals surface area contributed by atoms with E-state index in [4.69, 9.17) is 32.7 Å². The van der Waals surface area contributed by atoms with Gasteiger partial charge in [0.2, 0.25) is 5.28 Å². The monoisotopic (exact) mass is 338 g/mol. The van der Waals surface area contributed by atoms with E-state index in [0.29, 0.717) is 23.1 Å². The molecule has 0 unspecified atom stereocenters. The predicted octanol–water partition coefficient (Wildman–Crippen LogP) is 4.67. The number of ether oxygens (including phenoxy) is 2. The number of halogens is 2. The van der Waals surface area contributed by atoms with Gasteiger partial charge in [-0.1, -0.05) is 17.7 Å². The van der Waals surface area contributed by atoms with E-state index in [1.807, 2.05) is 32.1 Å². The number of hydrogen-bond acceptors (Lipinski definition) is 4. The molecule has 22 heavy (non-hydrogen) atoms. The molecule has 0 amide bonds. The van der Waals surface area contributed by atoms with Crippen LogP contribution in [-0.4, -0.2) is 23.7 Å². The molecule has 0 radical (unpaired) electrons. The molecule has 0 saturated carbocycles. The molecule has 2 rings (SSSR count). The van der Waals surface area contributed by atoms with Crippen molar-refractivity contribution in [1.29, 1.82) is 0 Å². The molecule has 116 valence electrons. The molecule has 0 fully saturated rings. The van der Waals surface area contributed by atoms with Gasteiger partial charge in [-0.05, 0) is 54.8 Å². The van der Waals surface area contributed by atoms with Crippen LogP contribution in [0.15, 0.2) is 18.3 Å². The molecule has 6 heteroatoms. The second-order valence-corrected chi connectivity index (χ2v) is 5.25. The average molecular weight is 339 g/mol. The molecule has 0 aliphatic rings. The Morgan fingerprint density at radius 2 is 2.00 bits per heavy atom. The number of methoxy groups -OCH3 is 1. The summed E-state index contributed by atoms with van der Waals surface area (Å²) in [6, 6.07) is 3.67. The van der Waals surface area contributed by atoms with Crippen LogP contribution >= 0.6 is 23.2 Å². The molecule has 4 nitrogen and oxygen atoms in total. The first-order chi connectivity index (χ1) is 10.5. The maximum atomic E-state index is 6.22. The number of hydrogen-bond donors (Lipinski definition) is 0. The molecule has 0 bridgehead atoms. The zero-order valence-electron chi connectivity index (χ0n) is 12.6. The van der Waals surface area contributed by atoms with Crippen molar-refractivity contribution >= 4 is 35.4 Å². The normalized spacial score (nSPS) is 11.0. The molecular weight excluding hydrogens is 323 g/mol. The van der Waals surface area contributed by atoms with Crippen LogP contribution in [0.2, 0.25) is 10.3 Å². The van der Waals surface area contributed by atoms with E-state index in [2.05, 4.69) is 9.97 Å². The molecule has 0 aliphatic heterocycles. The van der Waals surface area contributed by atoms with Gasteiger partial charge in [-0.25, -0.2) is 9.97 Å². The lowest BCUT2D eigenvalue weighted by Crippen LogP contribution is -1.96. The van der Waals surface area contributed by atoms with Crippen LogP contribution in [0.5, 0.6) is 11.5 Å². The summed E-state index contributed by atoms with van der Waals surface area (Å²) in [6.07, 6.45) is 5.43. The van der Waals surface area contributed by atoms with Crippen molar-refractivity contribution in [2.75, 3.05) is 13.7 Å². The van der Waals surface area contributed by atoms with Gasteiger partial charge in [-0.2, -0.15) is 0 Å². The Morgan fingerprint density at radius 1 is 1.23 bits per heavy atom. The molecule has 2 aromatic rings. The molecule has 0 saturated heterocycles. The minimum Gasteiger partial charge on any atom is -0.491 e. The van der Waals surface area contributed by atoms with Crippen LogP contribution in [0, 0.1) is 6.92 Å². The van der Waals surface area contributed by atoms with Gasteiger partial charge in [0, 0.05) is 6.20 Å². The highest BCUT2D eigenvalue weighted by atomic mass is 35.5. The zero-order chi connectivity index (χ0) is 16.1. The first-order valence-electron chi connectivity index (χ1n) is 6.72. The number of nitrogens with zero attached hydrogens (tertiary/aromatic N) is 2. The molecule has 0 N–H and O–H groups in total. The third-order valence-electron chi connectivity index (χ3n) is 2.95. The lowest BCUT2D eigenvalue weighted by molar-refractivity contribution is 0.311. The van der Waals surface area contributed by atoms with Crippen molar-refractivity contribution in [2.45, 2.75) is 13.8 Å². The van der Waals surface area contributed by atoms with E-state index in [0.717, 1.165) is 16.8 Å². The fourth-order valence-corrected chi connectivity index (χ4v) is 2.36. The summed E-state index contributed by atoms with van der Waals surface area (Å²) in [4.78, 5) is 8.11. The Kier molecular flexibility index (Phi) is 5.63. The van der Waals surface area contributed by atoms with Crippen molar-refractivity contribution in [1.82, 2.24) is 9.97 Å². The maximum Gasteiger partial charge on any atom is 0.222 e. The Hall–Kier alpha value is -1.78. The van der Waals surface area contributed by atoms with Crippen molar-refractivity contribution in [3.8, 4) is 11.5 Å². The second-order valence-electron chi connectivity index (χ2n) is 4.51. The van der Waals surface area contributed by atoms with Gasteiger partial charge in [-0.3, -0.25) is 0 Å². The molecule has 0 spiro atoms. The average Bonchev–Trinajstić information content (AvgIpc) is 2.48. The first-order valence-corrected chi connectivity index (χ1v) is 7.48. The van der Waals surface area contributed by atoms with E-state index >= 15 is 0 Å². The van der Waals surface area contributed by atoms with Gasteiger partial charge in [0.15, 0.2) is 11.5 Å². The molecule has 1 aromatic heterocycles. The second kappa shape index (κ2) is 7.47. The lowest BCUT2D eigenvalue weighted by Gasteiger charge is -2.11. The Morgan fingerprint density at radius 3 is 2.68 bits per heavy atom. The van der Waals surface area contributed by atoms with E-state index in [1.165, 1.54) is 0 Å². The molecule has 0 aliphatic carbocycles. The predicted molar refractivity (Wildman–Crippen MR) is 89.9 cm³/mol. The number of aryl methyl sites for hydroxylation is 1. The summed E-state index contributed by atoms with van der Waals surface area (Å²) in [5, 5.41) is 0.707. The van der Waals surface area contributed by atoms with Crippen LogP contribution < -0.4 is 9.47 Å². The SMILES string of the molecule is CCOc1cc(C=Cc2nc(Cl)ncc2C)cc(Cl)c1OC. The van der Waals surface area contributed by atoms with Gasteiger partial charge in [0.05, 0.1) is 24.4 Å². The maximum absolute atomic E-state index is 6.22. The van der Waals surface area contributed by atoms with E-state index < -0.39 is 0 Å². The Bertz CT molecular complexity index is 703. The van der Waals surface area contributed by atoms with Crippen molar-refractivity contribution in [3.05, 3.63) is 45.5 Å². The van der Waals surface area contributed by atoms with Crippen LogP contribution in [0.1, 0.15) is 23.7 Å². The number of rotatable bonds is 5. The van der Waals surface area contributed by atoms with Crippen LogP contribution in [0.4, 0.5) is 0 Å². The summed E-state index contributed by atoms with van der Waals surface area (Å²) in [7, 11) is 1.56. The van der Waals surface area contributed by atoms with E-state index in [-0.39, 0.29) is 5.28 Å². The van der Waals surface area contributed by atoms with Gasteiger partial charge in [0.1, 0.15) is 0 Å². The van der Waals surface area contributed by atoms with E-state index in [1.54, 1.807) is 19.4 Å². The quantitative estimate of drug-likeness (QED) is 0.743. The molecule has 1 aromatic carbocycles. The highest BCUT2D eigenvalue weighted by Gasteiger charge is 2.10.